The van der Waals surface area contributed by atoms with Gasteiger partial charge in [-0.3, -0.25) is 15.2 Å². The molecule has 0 radical (unpaired) electrons. The number of carbonyl (C=O) groups excluding carboxylic acids is 1. The topological polar surface area (TPSA) is 116 Å². The van der Waals surface area contributed by atoms with E-state index in [1.165, 1.54) is 10.8 Å². The molecular formula is C25H35N3O5. The fourth-order valence-corrected chi connectivity index (χ4v) is 3.84. The van der Waals surface area contributed by atoms with Gasteiger partial charge in [-0.2, -0.15) is 0 Å². The lowest BCUT2D eigenvalue weighted by Gasteiger charge is -2.26. The zero-order chi connectivity index (χ0) is 24.2. The lowest BCUT2D eigenvalue weighted by atomic mass is 9.97. The molecule has 33 heavy (non-hydrogen) atoms. The van der Waals surface area contributed by atoms with Crippen LogP contribution in [-0.4, -0.2) is 28.4 Å². The molecule has 1 heterocycles. The van der Waals surface area contributed by atoms with E-state index < -0.39 is 24.2 Å². The number of ether oxygens (including phenoxy) is 2. The van der Waals surface area contributed by atoms with Gasteiger partial charge >= 0.3 is 5.97 Å². The predicted octanol–water partition coefficient (Wildman–Crippen LogP) is 3.68. The number of benzene rings is 1. The van der Waals surface area contributed by atoms with E-state index in [0.717, 1.165) is 32.1 Å². The van der Waals surface area contributed by atoms with Crippen molar-refractivity contribution in [1.29, 1.82) is 0 Å². The first-order chi connectivity index (χ1) is 16.1. The van der Waals surface area contributed by atoms with Crippen LogP contribution in [0.3, 0.4) is 0 Å². The minimum atomic E-state index is -1.03. The van der Waals surface area contributed by atoms with Crippen LogP contribution in [0.2, 0.25) is 0 Å². The van der Waals surface area contributed by atoms with Gasteiger partial charge in [0, 0.05) is 6.20 Å². The van der Waals surface area contributed by atoms with Crippen LogP contribution in [0.25, 0.3) is 0 Å². The normalized spacial score (nSPS) is 14.4. The molecule has 1 unspecified atom stereocenters. The predicted molar refractivity (Wildman–Crippen MR) is 129 cm³/mol. The second-order valence-corrected chi connectivity index (χ2v) is 7.49. The van der Waals surface area contributed by atoms with E-state index in [1.54, 1.807) is 36.4 Å². The van der Waals surface area contributed by atoms with Crippen molar-refractivity contribution >= 4 is 11.7 Å². The summed E-state index contributed by atoms with van der Waals surface area (Å²) in [6.07, 6.45) is 7.72. The molecule has 1 aliphatic rings. The highest BCUT2D eigenvalue weighted by atomic mass is 16.5. The second kappa shape index (κ2) is 13.4. The molecule has 1 saturated carbocycles. The fourth-order valence-electron chi connectivity index (χ4n) is 3.84. The third kappa shape index (κ3) is 6.69. The molecular weight excluding hydrogens is 422 g/mol. The van der Waals surface area contributed by atoms with Crippen LogP contribution < -0.4 is 21.6 Å². The highest BCUT2D eigenvalue weighted by molar-refractivity contribution is 5.78. The van der Waals surface area contributed by atoms with Crippen LogP contribution in [-0.2, 0) is 16.1 Å². The Kier molecular flexibility index (Phi) is 10.7. The van der Waals surface area contributed by atoms with Crippen LogP contribution in [0.1, 0.15) is 63.1 Å². The van der Waals surface area contributed by atoms with Crippen LogP contribution in [0.4, 0.5) is 5.69 Å². The molecule has 1 fully saturated rings. The molecule has 8 heteroatoms. The smallest absolute Gasteiger partial charge is 0.334 e. The molecule has 1 aromatic heterocycles. The Morgan fingerprint density at radius 2 is 2.03 bits per heavy atom. The summed E-state index contributed by atoms with van der Waals surface area (Å²) >= 11 is 0. The molecule has 0 bridgehead atoms. The Morgan fingerprint density at radius 3 is 2.67 bits per heavy atom. The van der Waals surface area contributed by atoms with Crippen LogP contribution in [0, 0.1) is 0 Å². The SMILES string of the molecule is C=CCOc1cccc(C(C(=O)OC2CCCCC2)n2ccc(NN)c(CO)c2=O)c1.CC. The number of anilines is 1. The molecule has 180 valence electrons. The van der Waals surface area contributed by atoms with Gasteiger partial charge in [0.2, 0.25) is 0 Å². The summed E-state index contributed by atoms with van der Waals surface area (Å²) in [4.78, 5) is 26.4. The van der Waals surface area contributed by atoms with Gasteiger partial charge < -0.3 is 20.0 Å². The van der Waals surface area contributed by atoms with Crippen molar-refractivity contribution in [2.45, 2.75) is 64.7 Å². The maximum Gasteiger partial charge on any atom is 0.334 e. The summed E-state index contributed by atoms with van der Waals surface area (Å²) in [6.45, 7) is 7.43. The Morgan fingerprint density at radius 1 is 1.30 bits per heavy atom. The van der Waals surface area contributed by atoms with Gasteiger partial charge in [0.15, 0.2) is 6.04 Å². The Hall–Kier alpha value is -3.10. The summed E-state index contributed by atoms with van der Waals surface area (Å²) < 4.78 is 12.7. The van der Waals surface area contributed by atoms with Crippen molar-refractivity contribution in [1.82, 2.24) is 4.57 Å². The number of hydrogen-bond acceptors (Lipinski definition) is 7. The van der Waals surface area contributed by atoms with Crippen molar-refractivity contribution in [3.05, 3.63) is 70.7 Å². The van der Waals surface area contributed by atoms with Crippen molar-refractivity contribution in [3.8, 4) is 5.75 Å². The van der Waals surface area contributed by atoms with Gasteiger partial charge in [-0.15, -0.1) is 0 Å². The number of hydrogen-bond donors (Lipinski definition) is 3. The number of esters is 1. The van der Waals surface area contributed by atoms with E-state index in [1.807, 2.05) is 13.8 Å². The van der Waals surface area contributed by atoms with Gasteiger partial charge in [0.25, 0.3) is 5.56 Å². The first-order valence-electron chi connectivity index (χ1n) is 11.4. The molecule has 1 aliphatic carbocycles. The highest BCUT2D eigenvalue weighted by Crippen LogP contribution is 2.27. The standard InChI is InChI=1S/C23H29N3O5.C2H6/c1-2-13-30-18-10-6-7-16(14-18)21(23(29)31-17-8-4-3-5-9-17)26-12-11-20(25-24)19(15-27)22(26)28;1-2/h2,6-7,10-12,14,17,21,25,27H,1,3-5,8-9,13,15,24H2;1-2H3. The third-order valence-corrected chi connectivity index (χ3v) is 5.41. The number of aliphatic hydroxyl groups excluding tert-OH is 1. The number of nitrogens with zero attached hydrogens (tertiary/aromatic N) is 1. The number of nitrogens with two attached hydrogens (primary N) is 1. The average Bonchev–Trinajstić information content (AvgIpc) is 2.86. The molecule has 4 N–H and O–H groups in total. The maximum absolute atomic E-state index is 13.3. The third-order valence-electron chi connectivity index (χ3n) is 5.41. The number of hydrazine groups is 1. The van der Waals surface area contributed by atoms with E-state index >= 15 is 0 Å². The van der Waals surface area contributed by atoms with E-state index in [4.69, 9.17) is 15.3 Å². The van der Waals surface area contributed by atoms with Crippen molar-refractivity contribution < 1.29 is 19.4 Å². The summed E-state index contributed by atoms with van der Waals surface area (Å²) in [5, 5.41) is 9.69. The number of rotatable bonds is 9. The van der Waals surface area contributed by atoms with E-state index in [0.29, 0.717) is 23.6 Å². The van der Waals surface area contributed by atoms with Gasteiger partial charge in [0.1, 0.15) is 18.5 Å². The zero-order valence-corrected chi connectivity index (χ0v) is 19.5. The largest absolute Gasteiger partial charge is 0.490 e. The fraction of sp³-hybridized carbons (Fsp3) is 0.440. The minimum Gasteiger partial charge on any atom is -0.490 e. The monoisotopic (exact) mass is 457 g/mol. The Labute approximate surface area is 195 Å². The minimum absolute atomic E-state index is 0.0690. The lowest BCUT2D eigenvalue weighted by molar-refractivity contribution is -0.153. The molecule has 0 aliphatic heterocycles. The molecule has 2 aromatic rings. The van der Waals surface area contributed by atoms with Crippen LogP contribution in [0.5, 0.6) is 5.75 Å². The summed E-state index contributed by atoms with van der Waals surface area (Å²) in [7, 11) is 0. The number of carbonyl (C=O) groups is 1. The quantitative estimate of drug-likeness (QED) is 0.228. The number of nitrogens with one attached hydrogen (secondary N) is 1. The van der Waals surface area contributed by atoms with Gasteiger partial charge in [-0.25, -0.2) is 4.79 Å². The maximum atomic E-state index is 13.3. The number of aliphatic hydroxyl groups is 1. The zero-order valence-electron chi connectivity index (χ0n) is 19.5. The van der Waals surface area contributed by atoms with Crippen LogP contribution in [0.15, 0.2) is 54.0 Å². The molecule has 1 aromatic carbocycles. The highest BCUT2D eigenvalue weighted by Gasteiger charge is 2.29. The van der Waals surface area contributed by atoms with E-state index in [-0.39, 0.29) is 11.7 Å². The van der Waals surface area contributed by atoms with Crippen molar-refractivity contribution in [2.75, 3.05) is 12.0 Å². The summed E-state index contributed by atoms with van der Waals surface area (Å²) in [5.41, 5.74) is 2.78. The van der Waals surface area contributed by atoms with E-state index in [2.05, 4.69) is 12.0 Å². The second-order valence-electron chi connectivity index (χ2n) is 7.49. The molecule has 1 atom stereocenters. The number of pyridine rings is 1. The first-order valence-corrected chi connectivity index (χ1v) is 11.4. The van der Waals surface area contributed by atoms with Gasteiger partial charge in [0.05, 0.1) is 17.9 Å². The molecule has 3 rings (SSSR count). The summed E-state index contributed by atoms with van der Waals surface area (Å²) in [5.74, 6) is 5.48. The Bertz CT molecular complexity index is 967. The Balaban J connectivity index is 0.00000187. The number of aromatic nitrogens is 1. The number of nitrogen functional groups attached to an aromatic ring is 1. The molecule has 8 nitrogen and oxygen atoms in total. The molecule has 0 spiro atoms. The van der Waals surface area contributed by atoms with Crippen molar-refractivity contribution in [2.24, 2.45) is 5.84 Å². The van der Waals surface area contributed by atoms with Gasteiger partial charge in [-0.1, -0.05) is 45.1 Å². The first kappa shape index (κ1) is 26.2. The van der Waals surface area contributed by atoms with Gasteiger partial charge in [-0.05, 0) is 49.4 Å². The molecule has 0 amide bonds. The lowest BCUT2D eigenvalue weighted by Crippen LogP contribution is -2.36. The van der Waals surface area contributed by atoms with Crippen LogP contribution >= 0.6 is 0 Å². The molecule has 0 saturated heterocycles. The van der Waals surface area contributed by atoms with E-state index in [9.17, 15) is 14.7 Å². The average molecular weight is 458 g/mol. The van der Waals surface area contributed by atoms with Crippen molar-refractivity contribution in [3.63, 3.8) is 0 Å². The summed E-state index contributed by atoms with van der Waals surface area (Å²) in [6, 6.07) is 7.48.